The summed E-state index contributed by atoms with van der Waals surface area (Å²) in [5.41, 5.74) is 9.43. The molecule has 3 aromatic carbocycles. The van der Waals surface area contributed by atoms with Crippen LogP contribution in [-0.2, 0) is 16.2 Å². The van der Waals surface area contributed by atoms with Gasteiger partial charge in [-0.15, -0.1) is 11.3 Å². The molecule has 0 spiro atoms. The lowest BCUT2D eigenvalue weighted by molar-refractivity contribution is 0.446. The van der Waals surface area contributed by atoms with E-state index in [0.717, 1.165) is 38.5 Å². The minimum atomic E-state index is -1.70. The van der Waals surface area contributed by atoms with E-state index < -0.39 is 16.1 Å². The first kappa shape index (κ1) is 36.2. The third-order valence-electron chi connectivity index (χ3n) is 9.41. The Bertz CT molecular complexity index is 2010. The smallest absolute Gasteiger partial charge is 0.129 e. The molecule has 2 heterocycles. The van der Waals surface area contributed by atoms with Crippen LogP contribution in [0, 0.1) is 0 Å². The molecule has 0 saturated heterocycles. The second-order valence-corrected chi connectivity index (χ2v) is 30.0. The molecule has 0 aliphatic carbocycles. The van der Waals surface area contributed by atoms with Gasteiger partial charge in [0.1, 0.15) is 10.8 Å². The summed E-state index contributed by atoms with van der Waals surface area (Å²) >= 11 is 1.70. The van der Waals surface area contributed by atoms with Crippen LogP contribution in [0.25, 0.3) is 43.2 Å². The van der Waals surface area contributed by atoms with Gasteiger partial charge in [0, 0.05) is 22.9 Å². The van der Waals surface area contributed by atoms with Crippen molar-refractivity contribution in [3.05, 3.63) is 77.5 Å². The molecule has 3 nitrogen and oxygen atoms in total. The zero-order chi connectivity index (χ0) is 35.8. The molecule has 0 saturated carbocycles. The van der Waals surface area contributed by atoms with Gasteiger partial charge in [-0.3, -0.25) is 4.98 Å². The second kappa shape index (κ2) is 12.1. The van der Waals surface area contributed by atoms with Crippen molar-refractivity contribution >= 4 is 48.1 Å². The minimum absolute atomic E-state index is 0.0492. The maximum atomic E-state index is 11.8. The molecule has 0 aliphatic rings. The minimum Gasteiger partial charge on any atom is -0.507 e. The zero-order valence-electron chi connectivity index (χ0n) is 32.0. The summed E-state index contributed by atoms with van der Waals surface area (Å²) in [4.78, 5) is 10.3. The fraction of sp³-hybridized carbons (Fsp3) is 0.429. The molecule has 48 heavy (non-hydrogen) atoms. The Morgan fingerprint density at radius 2 is 1.19 bits per heavy atom. The number of rotatable bonds is 5. The SMILES string of the molecule is CC(C)(C)c1cc(-c2cc([Si](C)(C)C)ccn2)cc(-c2cc([Si](C)(C)C)cc3sc(-c4cc(C(C)(C)C)cc(C(C)(C)C)c4O)nc23)c1. The van der Waals surface area contributed by atoms with E-state index in [4.69, 9.17) is 9.97 Å². The van der Waals surface area contributed by atoms with Gasteiger partial charge in [-0.25, -0.2) is 4.98 Å². The summed E-state index contributed by atoms with van der Waals surface area (Å²) in [7, 11) is -3.22. The van der Waals surface area contributed by atoms with Crippen LogP contribution in [0.2, 0.25) is 39.3 Å². The summed E-state index contributed by atoms with van der Waals surface area (Å²) in [5, 5.41) is 15.5. The Labute approximate surface area is 295 Å². The van der Waals surface area contributed by atoms with E-state index in [2.05, 4.69) is 156 Å². The fourth-order valence-corrected chi connectivity index (χ4v) is 9.47. The van der Waals surface area contributed by atoms with Crippen LogP contribution in [0.3, 0.4) is 0 Å². The van der Waals surface area contributed by atoms with Crippen LogP contribution in [0.15, 0.2) is 60.8 Å². The van der Waals surface area contributed by atoms with Crippen molar-refractivity contribution in [2.45, 2.75) is 118 Å². The summed E-state index contributed by atoms with van der Waals surface area (Å²) in [6.07, 6.45) is 1.98. The number of thiazole rings is 1. The van der Waals surface area contributed by atoms with Gasteiger partial charge in [0.25, 0.3) is 0 Å². The van der Waals surface area contributed by atoms with Crippen molar-refractivity contribution < 1.29 is 5.11 Å². The standard InChI is InChI=1S/C42H56N2OSSi2/c1-40(2,3)28-19-26(18-27(20-28)35-24-30(16-17-43-35)47(10,11)12)32-23-31(48(13,14)15)25-36-37(32)44-39(46-36)33-21-29(41(4,5)6)22-34(38(33)45)42(7,8)9/h16-25,45H,1-15H3. The molecule has 5 aromatic rings. The van der Waals surface area contributed by atoms with Gasteiger partial charge in [0.2, 0.25) is 0 Å². The van der Waals surface area contributed by atoms with Crippen molar-refractivity contribution in [2.75, 3.05) is 0 Å². The van der Waals surface area contributed by atoms with Gasteiger partial charge in [-0.2, -0.15) is 0 Å². The van der Waals surface area contributed by atoms with Gasteiger partial charge in [0.05, 0.1) is 37.6 Å². The topological polar surface area (TPSA) is 46.0 Å². The summed E-state index contributed by atoms with van der Waals surface area (Å²) < 4.78 is 1.17. The molecule has 2 aromatic heterocycles. The molecule has 0 unspecified atom stereocenters. The molecular weight excluding hydrogens is 637 g/mol. The molecule has 0 atom stereocenters. The van der Waals surface area contributed by atoms with Gasteiger partial charge in [-0.1, -0.05) is 130 Å². The highest BCUT2D eigenvalue weighted by Crippen LogP contribution is 2.45. The Morgan fingerprint density at radius 1 is 0.604 bits per heavy atom. The molecule has 0 amide bonds. The van der Waals surface area contributed by atoms with Crippen LogP contribution in [-0.4, -0.2) is 31.2 Å². The maximum Gasteiger partial charge on any atom is 0.129 e. The van der Waals surface area contributed by atoms with Crippen LogP contribution in [0.4, 0.5) is 0 Å². The number of hydrogen-bond donors (Lipinski definition) is 1. The predicted octanol–water partition coefficient (Wildman–Crippen LogP) is 11.4. The van der Waals surface area contributed by atoms with Gasteiger partial charge in [0.15, 0.2) is 0 Å². The Morgan fingerprint density at radius 3 is 1.75 bits per heavy atom. The fourth-order valence-electron chi connectivity index (χ4n) is 6.02. The van der Waals surface area contributed by atoms with E-state index in [1.807, 2.05) is 6.20 Å². The van der Waals surface area contributed by atoms with Gasteiger partial charge >= 0.3 is 0 Å². The average Bonchev–Trinajstić information content (AvgIpc) is 3.38. The van der Waals surface area contributed by atoms with E-state index >= 15 is 0 Å². The second-order valence-electron chi connectivity index (χ2n) is 18.8. The van der Waals surface area contributed by atoms with E-state index in [0.29, 0.717) is 5.75 Å². The Balaban J connectivity index is 1.83. The molecule has 0 radical (unpaired) electrons. The maximum absolute atomic E-state index is 11.8. The first-order valence-corrected chi connectivity index (χ1v) is 25.1. The molecular formula is C42H56N2OSSi2. The van der Waals surface area contributed by atoms with Gasteiger partial charge < -0.3 is 5.11 Å². The lowest BCUT2D eigenvalue weighted by atomic mass is 9.79. The van der Waals surface area contributed by atoms with Crippen LogP contribution >= 0.6 is 11.3 Å². The highest BCUT2D eigenvalue weighted by Gasteiger charge is 2.28. The first-order chi connectivity index (χ1) is 21.8. The van der Waals surface area contributed by atoms with Crippen molar-refractivity contribution in [3.63, 3.8) is 0 Å². The van der Waals surface area contributed by atoms with Crippen LogP contribution in [0.5, 0.6) is 5.75 Å². The Hall–Kier alpha value is -3.07. The number of phenols is 1. The van der Waals surface area contributed by atoms with E-state index in [9.17, 15) is 5.11 Å². The predicted molar refractivity (Wildman–Crippen MR) is 217 cm³/mol. The summed E-state index contributed by atoms with van der Waals surface area (Å²) in [6, 6.07) is 20.6. The number of nitrogens with zero attached hydrogens (tertiary/aromatic N) is 2. The normalized spacial score (nSPS) is 13.4. The largest absolute Gasteiger partial charge is 0.507 e. The van der Waals surface area contributed by atoms with Gasteiger partial charge in [-0.05, 0) is 69.3 Å². The van der Waals surface area contributed by atoms with Crippen LogP contribution < -0.4 is 10.4 Å². The first-order valence-electron chi connectivity index (χ1n) is 17.3. The third-order valence-corrected chi connectivity index (χ3v) is 14.5. The summed E-state index contributed by atoms with van der Waals surface area (Å²) in [5.74, 6) is 0.340. The molecule has 0 bridgehead atoms. The number of hydrogen-bond acceptors (Lipinski definition) is 4. The lowest BCUT2D eigenvalue weighted by Gasteiger charge is -2.27. The number of pyridine rings is 1. The van der Waals surface area contributed by atoms with Crippen LogP contribution in [0.1, 0.15) is 79.0 Å². The molecule has 1 N–H and O–H groups in total. The van der Waals surface area contributed by atoms with Crippen molar-refractivity contribution in [2.24, 2.45) is 0 Å². The molecule has 0 aliphatic heterocycles. The van der Waals surface area contributed by atoms with E-state index in [1.165, 1.54) is 31.8 Å². The molecule has 5 rings (SSSR count). The van der Waals surface area contributed by atoms with Crippen molar-refractivity contribution in [1.29, 1.82) is 0 Å². The number of benzene rings is 3. The Kier molecular flexibility index (Phi) is 9.10. The monoisotopic (exact) mass is 692 g/mol. The average molecular weight is 693 g/mol. The number of fused-ring (bicyclic) bond motifs is 1. The lowest BCUT2D eigenvalue weighted by Crippen LogP contribution is -2.37. The number of aromatic nitrogens is 2. The molecule has 0 fully saturated rings. The molecule has 254 valence electrons. The van der Waals surface area contributed by atoms with Crippen molar-refractivity contribution in [3.8, 4) is 38.7 Å². The summed E-state index contributed by atoms with van der Waals surface area (Å²) in [6.45, 7) is 34.5. The van der Waals surface area contributed by atoms with E-state index in [-0.39, 0.29) is 16.2 Å². The zero-order valence-corrected chi connectivity index (χ0v) is 34.8. The number of phenolic OH excluding ortho intramolecular Hbond substituents is 1. The molecule has 6 heteroatoms. The number of aromatic hydroxyl groups is 1. The third kappa shape index (κ3) is 7.41. The highest BCUT2D eigenvalue weighted by molar-refractivity contribution is 7.22. The highest BCUT2D eigenvalue weighted by atomic mass is 32.1. The van der Waals surface area contributed by atoms with Crippen molar-refractivity contribution in [1.82, 2.24) is 9.97 Å². The van der Waals surface area contributed by atoms with E-state index in [1.54, 1.807) is 11.3 Å². The quantitative estimate of drug-likeness (QED) is 0.187.